The van der Waals surface area contributed by atoms with Crippen molar-refractivity contribution < 1.29 is 13.2 Å². The van der Waals surface area contributed by atoms with Gasteiger partial charge in [0.05, 0.1) is 4.90 Å². The van der Waals surface area contributed by atoms with Gasteiger partial charge in [-0.3, -0.25) is 9.52 Å². The summed E-state index contributed by atoms with van der Waals surface area (Å²) < 4.78 is 33.5. The summed E-state index contributed by atoms with van der Waals surface area (Å²) in [6.07, 6.45) is 3.23. The molecule has 5 rings (SSSR count). The van der Waals surface area contributed by atoms with Gasteiger partial charge in [0, 0.05) is 36.3 Å². The number of aromatic nitrogens is 3. The Hall–Kier alpha value is -3.24. The van der Waals surface area contributed by atoms with Gasteiger partial charge in [0.25, 0.3) is 10.0 Å². The Morgan fingerprint density at radius 2 is 1.94 bits per heavy atom. The standard InChI is InChI=1S/C21H19N5O3S2/c1-14(26-9-8-15-4-2-3-5-19(15)26)20(27)25-11-16-6-7-18(10-17(16)12-25)31(28,29)24-21-22-13-23-30-21/h2-10,13-14H,11-12H2,1H3,(H,22,23,24). The zero-order chi connectivity index (χ0) is 21.6. The Balaban J connectivity index is 1.36. The van der Waals surface area contributed by atoms with E-state index >= 15 is 0 Å². The van der Waals surface area contributed by atoms with Gasteiger partial charge in [-0.05, 0) is 47.7 Å². The molecule has 4 aromatic rings. The number of hydrogen-bond acceptors (Lipinski definition) is 6. The fourth-order valence-corrected chi connectivity index (χ4v) is 5.62. The van der Waals surface area contributed by atoms with Crippen molar-refractivity contribution in [1.29, 1.82) is 0 Å². The largest absolute Gasteiger partial charge is 0.335 e. The first-order chi connectivity index (χ1) is 14.9. The van der Waals surface area contributed by atoms with Crippen LogP contribution in [0.25, 0.3) is 10.9 Å². The van der Waals surface area contributed by atoms with Crippen LogP contribution >= 0.6 is 11.5 Å². The zero-order valence-corrected chi connectivity index (χ0v) is 18.2. The van der Waals surface area contributed by atoms with Crippen molar-refractivity contribution in [2.24, 2.45) is 0 Å². The minimum absolute atomic E-state index is 0.00561. The third-order valence-electron chi connectivity index (χ3n) is 5.51. The number of amides is 1. The first kappa shape index (κ1) is 19.7. The van der Waals surface area contributed by atoms with E-state index in [9.17, 15) is 13.2 Å². The highest BCUT2D eigenvalue weighted by Gasteiger charge is 2.29. The van der Waals surface area contributed by atoms with Gasteiger partial charge in [0.2, 0.25) is 11.0 Å². The molecule has 0 spiro atoms. The van der Waals surface area contributed by atoms with Gasteiger partial charge in [0.15, 0.2) is 0 Å². The lowest BCUT2D eigenvalue weighted by Crippen LogP contribution is -2.32. The molecule has 0 saturated heterocycles. The molecule has 10 heteroatoms. The Morgan fingerprint density at radius 3 is 2.74 bits per heavy atom. The number of carbonyl (C=O) groups excluding carboxylic acids is 1. The zero-order valence-electron chi connectivity index (χ0n) is 16.6. The lowest BCUT2D eigenvalue weighted by Gasteiger charge is -2.22. The number of carbonyl (C=O) groups is 1. The molecule has 1 N–H and O–H groups in total. The molecule has 1 aliphatic heterocycles. The number of nitrogens with zero attached hydrogens (tertiary/aromatic N) is 4. The average molecular weight is 454 g/mol. The van der Waals surface area contributed by atoms with Crippen molar-refractivity contribution in [3.63, 3.8) is 0 Å². The molecule has 2 aromatic carbocycles. The predicted molar refractivity (Wildman–Crippen MR) is 118 cm³/mol. The highest BCUT2D eigenvalue weighted by molar-refractivity contribution is 7.93. The lowest BCUT2D eigenvalue weighted by molar-refractivity contribution is -0.134. The first-order valence-electron chi connectivity index (χ1n) is 9.68. The van der Waals surface area contributed by atoms with Crippen LogP contribution in [0.4, 0.5) is 5.13 Å². The van der Waals surface area contributed by atoms with E-state index in [0.29, 0.717) is 13.1 Å². The normalized spacial score (nSPS) is 14.5. The van der Waals surface area contributed by atoms with Crippen molar-refractivity contribution in [1.82, 2.24) is 18.8 Å². The quantitative estimate of drug-likeness (QED) is 0.500. The third-order valence-corrected chi connectivity index (χ3v) is 7.56. The number of nitrogens with one attached hydrogen (secondary N) is 1. The van der Waals surface area contributed by atoms with E-state index < -0.39 is 10.0 Å². The predicted octanol–water partition coefficient (Wildman–Crippen LogP) is 3.40. The fraction of sp³-hybridized carbons (Fsp3) is 0.190. The van der Waals surface area contributed by atoms with Gasteiger partial charge in [-0.25, -0.2) is 13.4 Å². The molecule has 0 aliphatic carbocycles. The second-order valence-corrected chi connectivity index (χ2v) is 9.90. The van der Waals surface area contributed by atoms with E-state index in [1.54, 1.807) is 23.1 Å². The lowest BCUT2D eigenvalue weighted by atomic mass is 10.1. The number of hydrogen-bond donors (Lipinski definition) is 1. The maximum Gasteiger partial charge on any atom is 0.263 e. The van der Waals surface area contributed by atoms with E-state index in [1.807, 2.05) is 48.0 Å². The summed E-state index contributed by atoms with van der Waals surface area (Å²) in [5, 5.41) is 1.30. The molecular weight excluding hydrogens is 434 g/mol. The number of benzene rings is 2. The average Bonchev–Trinajstić information content (AvgIpc) is 3.50. The van der Waals surface area contributed by atoms with E-state index in [4.69, 9.17) is 0 Å². The maximum absolute atomic E-state index is 13.2. The fourth-order valence-electron chi connectivity index (χ4n) is 3.91. The summed E-state index contributed by atoms with van der Waals surface area (Å²) in [6, 6.07) is 14.5. The van der Waals surface area contributed by atoms with Crippen LogP contribution in [-0.2, 0) is 27.9 Å². The van der Waals surface area contributed by atoms with Gasteiger partial charge < -0.3 is 9.47 Å². The number of sulfonamides is 1. The summed E-state index contributed by atoms with van der Waals surface area (Å²) >= 11 is 0.970. The Morgan fingerprint density at radius 1 is 1.13 bits per heavy atom. The summed E-state index contributed by atoms with van der Waals surface area (Å²) in [4.78, 5) is 19.0. The van der Waals surface area contributed by atoms with E-state index in [0.717, 1.165) is 33.6 Å². The van der Waals surface area contributed by atoms with Crippen LogP contribution in [0.2, 0.25) is 0 Å². The molecule has 0 saturated carbocycles. The third kappa shape index (κ3) is 3.57. The van der Waals surface area contributed by atoms with Crippen molar-refractivity contribution in [2.45, 2.75) is 31.0 Å². The second-order valence-electron chi connectivity index (χ2n) is 7.43. The molecule has 1 aliphatic rings. The van der Waals surface area contributed by atoms with Crippen LogP contribution in [-0.4, -0.2) is 33.1 Å². The van der Waals surface area contributed by atoms with Crippen LogP contribution in [0.1, 0.15) is 24.1 Å². The molecular formula is C21H19N5O3S2. The molecule has 158 valence electrons. The second kappa shape index (κ2) is 7.47. The molecule has 1 atom stereocenters. The summed E-state index contributed by atoms with van der Waals surface area (Å²) in [5.74, 6) is -0.00561. The Labute approximate surface area is 183 Å². The molecule has 0 fully saturated rings. The molecule has 0 bridgehead atoms. The van der Waals surface area contributed by atoms with Crippen molar-refractivity contribution in [3.05, 3.63) is 72.2 Å². The summed E-state index contributed by atoms with van der Waals surface area (Å²) in [6.45, 7) is 2.72. The molecule has 0 radical (unpaired) electrons. The van der Waals surface area contributed by atoms with E-state index in [1.165, 1.54) is 6.33 Å². The van der Waals surface area contributed by atoms with Crippen LogP contribution in [0, 0.1) is 0 Å². The van der Waals surface area contributed by atoms with Gasteiger partial charge in [-0.1, -0.05) is 24.3 Å². The van der Waals surface area contributed by atoms with Crippen molar-refractivity contribution >= 4 is 43.5 Å². The van der Waals surface area contributed by atoms with Crippen molar-refractivity contribution in [3.8, 4) is 0 Å². The molecule has 1 unspecified atom stereocenters. The maximum atomic E-state index is 13.2. The molecule has 3 heterocycles. The van der Waals surface area contributed by atoms with Crippen LogP contribution in [0.5, 0.6) is 0 Å². The topological polar surface area (TPSA) is 97.2 Å². The first-order valence-corrected chi connectivity index (χ1v) is 11.9. The minimum atomic E-state index is -3.77. The SMILES string of the molecule is CC(C(=O)N1Cc2ccc(S(=O)(=O)Nc3ncns3)cc2C1)n1ccc2ccccc21. The highest BCUT2D eigenvalue weighted by Crippen LogP contribution is 2.29. The number of fused-ring (bicyclic) bond motifs is 2. The van der Waals surface area contributed by atoms with Crippen LogP contribution in [0.3, 0.4) is 0 Å². The number of para-hydroxylation sites is 1. The summed E-state index contributed by atoms with van der Waals surface area (Å²) in [7, 11) is -3.77. The highest BCUT2D eigenvalue weighted by atomic mass is 32.2. The van der Waals surface area contributed by atoms with Gasteiger partial charge in [-0.15, -0.1) is 0 Å². The van der Waals surface area contributed by atoms with Gasteiger partial charge in [-0.2, -0.15) is 4.37 Å². The number of anilines is 1. The minimum Gasteiger partial charge on any atom is -0.335 e. The van der Waals surface area contributed by atoms with Crippen LogP contribution < -0.4 is 4.72 Å². The van der Waals surface area contributed by atoms with Gasteiger partial charge in [0.1, 0.15) is 12.4 Å². The number of rotatable bonds is 5. The monoisotopic (exact) mass is 453 g/mol. The molecule has 31 heavy (non-hydrogen) atoms. The molecule has 1 amide bonds. The Bertz CT molecular complexity index is 1380. The smallest absolute Gasteiger partial charge is 0.263 e. The Kier molecular flexibility index (Phi) is 4.75. The van der Waals surface area contributed by atoms with E-state index in [-0.39, 0.29) is 22.0 Å². The van der Waals surface area contributed by atoms with Gasteiger partial charge >= 0.3 is 0 Å². The van der Waals surface area contributed by atoms with E-state index in [2.05, 4.69) is 14.1 Å². The van der Waals surface area contributed by atoms with Crippen molar-refractivity contribution in [2.75, 3.05) is 4.72 Å². The molecule has 8 nitrogen and oxygen atoms in total. The van der Waals surface area contributed by atoms with Crippen LogP contribution in [0.15, 0.2) is 66.0 Å². The molecule has 2 aromatic heterocycles. The summed E-state index contributed by atoms with van der Waals surface area (Å²) in [5.41, 5.74) is 2.79.